The summed E-state index contributed by atoms with van der Waals surface area (Å²) in [6.45, 7) is 2.51. The van der Waals surface area contributed by atoms with Crippen LogP contribution in [0.15, 0.2) is 18.2 Å². The Morgan fingerprint density at radius 1 is 1.50 bits per heavy atom. The lowest BCUT2D eigenvalue weighted by molar-refractivity contribution is 0.344. The van der Waals surface area contributed by atoms with Crippen LogP contribution >= 0.6 is 11.3 Å². The van der Waals surface area contributed by atoms with Gasteiger partial charge in [-0.3, -0.25) is 0 Å². The molecule has 74 valence electrons. The van der Waals surface area contributed by atoms with Crippen LogP contribution in [0.1, 0.15) is 6.92 Å². The minimum absolute atomic E-state index is 0.159. The minimum Gasteiger partial charge on any atom is -0.498 e. The van der Waals surface area contributed by atoms with Gasteiger partial charge < -0.3 is 15.6 Å². The highest BCUT2D eigenvalue weighted by atomic mass is 32.1. The number of ether oxygens (including phenoxy) is 1. The summed E-state index contributed by atoms with van der Waals surface area (Å²) in [5.74, 6) is 0.735. The molecule has 0 spiro atoms. The Kier molecular flexibility index (Phi) is 2.21. The van der Waals surface area contributed by atoms with Gasteiger partial charge in [0, 0.05) is 4.70 Å². The number of rotatable bonds is 2. The predicted molar refractivity (Wildman–Crippen MR) is 59.1 cm³/mol. The SMILES string of the molecule is CCOc1cccc2sc(O)c(N)c12. The number of thiophene rings is 1. The Labute approximate surface area is 85.7 Å². The molecule has 0 saturated heterocycles. The predicted octanol–water partition coefficient (Wildman–Crippen LogP) is 2.59. The van der Waals surface area contributed by atoms with Crippen molar-refractivity contribution in [3.63, 3.8) is 0 Å². The van der Waals surface area contributed by atoms with E-state index >= 15 is 0 Å². The molecule has 2 rings (SSSR count). The molecule has 1 heterocycles. The fraction of sp³-hybridized carbons (Fsp3) is 0.200. The van der Waals surface area contributed by atoms with E-state index in [1.54, 1.807) is 0 Å². The molecule has 1 aromatic carbocycles. The van der Waals surface area contributed by atoms with Crippen molar-refractivity contribution in [3.8, 4) is 10.8 Å². The molecule has 4 heteroatoms. The normalized spacial score (nSPS) is 10.6. The molecule has 0 saturated carbocycles. The molecule has 0 radical (unpaired) electrons. The van der Waals surface area contributed by atoms with Gasteiger partial charge in [0.1, 0.15) is 5.75 Å². The fourth-order valence-corrected chi connectivity index (χ4v) is 2.28. The van der Waals surface area contributed by atoms with Crippen LogP contribution in [0.2, 0.25) is 0 Å². The van der Waals surface area contributed by atoms with Gasteiger partial charge in [0.25, 0.3) is 0 Å². The summed E-state index contributed by atoms with van der Waals surface area (Å²) in [7, 11) is 0. The first-order valence-electron chi connectivity index (χ1n) is 4.36. The van der Waals surface area contributed by atoms with Crippen LogP contribution in [-0.4, -0.2) is 11.7 Å². The van der Waals surface area contributed by atoms with Crippen molar-refractivity contribution in [1.82, 2.24) is 0 Å². The van der Waals surface area contributed by atoms with Crippen LogP contribution < -0.4 is 10.5 Å². The standard InChI is InChI=1S/C10H11NO2S/c1-2-13-6-4-3-5-7-8(6)9(11)10(12)14-7/h3-5,12H,2,11H2,1H3. The smallest absolute Gasteiger partial charge is 0.196 e. The molecule has 0 aliphatic carbocycles. The first-order valence-corrected chi connectivity index (χ1v) is 5.18. The maximum Gasteiger partial charge on any atom is 0.196 e. The van der Waals surface area contributed by atoms with Crippen molar-refractivity contribution in [1.29, 1.82) is 0 Å². The maximum absolute atomic E-state index is 9.47. The monoisotopic (exact) mass is 209 g/mol. The van der Waals surface area contributed by atoms with Crippen LogP contribution in [0.3, 0.4) is 0 Å². The van der Waals surface area contributed by atoms with E-state index < -0.39 is 0 Å². The summed E-state index contributed by atoms with van der Waals surface area (Å²) in [5, 5.41) is 10.4. The van der Waals surface area contributed by atoms with Crippen molar-refractivity contribution in [2.24, 2.45) is 0 Å². The molecule has 3 N–H and O–H groups in total. The van der Waals surface area contributed by atoms with Gasteiger partial charge in [-0.25, -0.2) is 0 Å². The Bertz CT molecular complexity index is 464. The van der Waals surface area contributed by atoms with Gasteiger partial charge in [0.05, 0.1) is 17.7 Å². The number of hydrogen-bond acceptors (Lipinski definition) is 4. The molecule has 0 atom stereocenters. The lowest BCUT2D eigenvalue weighted by atomic mass is 10.2. The Hall–Kier alpha value is -1.42. The molecule has 1 aromatic heterocycles. The number of anilines is 1. The van der Waals surface area contributed by atoms with Gasteiger partial charge in [-0.1, -0.05) is 17.4 Å². The quantitative estimate of drug-likeness (QED) is 0.799. The van der Waals surface area contributed by atoms with Crippen molar-refractivity contribution >= 4 is 27.1 Å². The van der Waals surface area contributed by atoms with Gasteiger partial charge in [0.15, 0.2) is 5.06 Å². The van der Waals surface area contributed by atoms with Gasteiger partial charge in [-0.2, -0.15) is 0 Å². The van der Waals surface area contributed by atoms with Gasteiger partial charge in [-0.15, -0.1) is 0 Å². The number of aromatic hydroxyl groups is 1. The topological polar surface area (TPSA) is 55.5 Å². The van der Waals surface area contributed by atoms with Gasteiger partial charge in [0.2, 0.25) is 0 Å². The average Bonchev–Trinajstić information content (AvgIpc) is 2.45. The molecular formula is C10H11NO2S. The summed E-state index contributed by atoms with van der Waals surface area (Å²) in [4.78, 5) is 0. The van der Waals surface area contributed by atoms with Crippen LogP contribution in [0.25, 0.3) is 10.1 Å². The van der Waals surface area contributed by atoms with E-state index in [-0.39, 0.29) is 5.06 Å². The summed E-state index contributed by atoms with van der Waals surface area (Å²) in [6, 6.07) is 5.66. The lowest BCUT2D eigenvalue weighted by Gasteiger charge is -2.04. The maximum atomic E-state index is 9.47. The second-order valence-corrected chi connectivity index (χ2v) is 3.91. The average molecular weight is 209 g/mol. The van der Waals surface area contributed by atoms with E-state index in [1.165, 1.54) is 11.3 Å². The highest BCUT2D eigenvalue weighted by Gasteiger charge is 2.12. The van der Waals surface area contributed by atoms with E-state index in [0.29, 0.717) is 12.3 Å². The summed E-state index contributed by atoms with van der Waals surface area (Å²) in [6.07, 6.45) is 0. The molecule has 0 amide bonds. The molecule has 0 bridgehead atoms. The Morgan fingerprint density at radius 2 is 2.29 bits per heavy atom. The van der Waals surface area contributed by atoms with E-state index in [9.17, 15) is 5.11 Å². The minimum atomic E-state index is 0.159. The highest BCUT2D eigenvalue weighted by molar-refractivity contribution is 7.21. The molecule has 0 fully saturated rings. The van der Waals surface area contributed by atoms with Crippen molar-refractivity contribution in [2.75, 3.05) is 12.3 Å². The van der Waals surface area contributed by atoms with E-state index in [2.05, 4.69) is 0 Å². The summed E-state index contributed by atoms with van der Waals surface area (Å²) >= 11 is 1.27. The van der Waals surface area contributed by atoms with Crippen LogP contribution in [-0.2, 0) is 0 Å². The van der Waals surface area contributed by atoms with E-state index in [4.69, 9.17) is 10.5 Å². The zero-order valence-electron chi connectivity index (χ0n) is 7.78. The van der Waals surface area contributed by atoms with Gasteiger partial charge >= 0.3 is 0 Å². The van der Waals surface area contributed by atoms with E-state index in [0.717, 1.165) is 15.8 Å². The molecule has 0 unspecified atom stereocenters. The van der Waals surface area contributed by atoms with Crippen molar-refractivity contribution in [2.45, 2.75) is 6.92 Å². The second-order valence-electron chi connectivity index (χ2n) is 2.88. The fourth-order valence-electron chi connectivity index (χ4n) is 1.40. The third kappa shape index (κ3) is 1.28. The molecule has 3 nitrogen and oxygen atoms in total. The largest absolute Gasteiger partial charge is 0.498 e. The number of benzene rings is 1. The molecule has 2 aromatic rings. The molecule has 0 aliphatic rings. The number of nitrogens with two attached hydrogens (primary N) is 1. The van der Waals surface area contributed by atoms with Crippen molar-refractivity contribution < 1.29 is 9.84 Å². The van der Waals surface area contributed by atoms with Gasteiger partial charge in [-0.05, 0) is 19.1 Å². The molecule has 0 aliphatic heterocycles. The third-order valence-electron chi connectivity index (χ3n) is 1.99. The van der Waals surface area contributed by atoms with Crippen molar-refractivity contribution in [3.05, 3.63) is 18.2 Å². The Morgan fingerprint density at radius 3 is 3.00 bits per heavy atom. The highest BCUT2D eigenvalue weighted by Crippen LogP contribution is 2.43. The first kappa shape index (κ1) is 9.15. The molecule has 14 heavy (non-hydrogen) atoms. The Balaban J connectivity index is 2.71. The first-order chi connectivity index (χ1) is 6.74. The zero-order chi connectivity index (χ0) is 10.1. The van der Waals surface area contributed by atoms with Crippen LogP contribution in [0.5, 0.6) is 10.8 Å². The second kappa shape index (κ2) is 3.38. The number of hydrogen-bond donors (Lipinski definition) is 2. The number of nitrogen functional groups attached to an aromatic ring is 1. The zero-order valence-corrected chi connectivity index (χ0v) is 8.60. The van der Waals surface area contributed by atoms with E-state index in [1.807, 2.05) is 25.1 Å². The number of fused-ring (bicyclic) bond motifs is 1. The van der Waals surface area contributed by atoms with Crippen LogP contribution in [0.4, 0.5) is 5.69 Å². The summed E-state index contributed by atoms with van der Waals surface area (Å²) < 4.78 is 6.38. The third-order valence-corrected chi connectivity index (χ3v) is 2.97. The lowest BCUT2D eigenvalue weighted by Crippen LogP contribution is -1.92. The summed E-state index contributed by atoms with van der Waals surface area (Å²) in [5.41, 5.74) is 6.16. The molecular weight excluding hydrogens is 198 g/mol. The van der Waals surface area contributed by atoms with Crippen LogP contribution in [0, 0.1) is 0 Å².